The average molecular weight is 469 g/mol. The normalized spacial score (nSPS) is 26.9. The molecule has 3 N–H and O–H groups in total. The highest BCUT2D eigenvalue weighted by atomic mass is 16.6. The van der Waals surface area contributed by atoms with E-state index in [1.807, 2.05) is 12.1 Å². The minimum absolute atomic E-state index is 0. The third-order valence-corrected chi connectivity index (χ3v) is 8.27. The predicted octanol–water partition coefficient (Wildman–Crippen LogP) is 4.73. The Balaban J connectivity index is 0.00000210. The van der Waals surface area contributed by atoms with E-state index in [1.54, 1.807) is 7.11 Å². The summed E-state index contributed by atoms with van der Waals surface area (Å²) < 4.78 is 17.6. The van der Waals surface area contributed by atoms with Crippen molar-refractivity contribution in [3.8, 4) is 0 Å². The van der Waals surface area contributed by atoms with E-state index < -0.39 is 5.72 Å². The first kappa shape index (κ1) is 20.9. The van der Waals surface area contributed by atoms with E-state index in [0.717, 1.165) is 54.7 Å². The maximum Gasteiger partial charge on any atom is 0.252 e. The van der Waals surface area contributed by atoms with Crippen molar-refractivity contribution in [2.75, 3.05) is 7.11 Å². The van der Waals surface area contributed by atoms with Gasteiger partial charge in [-0.3, -0.25) is 4.79 Å². The molecule has 2 aromatic heterocycles. The number of carbonyl (C=O) groups is 1. The third kappa shape index (κ3) is 2.20. The van der Waals surface area contributed by atoms with E-state index in [0.29, 0.717) is 13.0 Å². The zero-order valence-corrected chi connectivity index (χ0v) is 19.0. The van der Waals surface area contributed by atoms with Crippen LogP contribution in [0.1, 0.15) is 42.9 Å². The van der Waals surface area contributed by atoms with Crippen molar-refractivity contribution < 1.29 is 14.3 Å². The van der Waals surface area contributed by atoms with Gasteiger partial charge in [-0.25, -0.2) is 0 Å². The topological polar surface area (TPSA) is 83.4 Å². The average Bonchev–Trinajstić information content (AvgIpc) is 3.46. The van der Waals surface area contributed by atoms with Crippen LogP contribution in [0.15, 0.2) is 48.5 Å². The number of ether oxygens (including phenoxy) is 2. The van der Waals surface area contributed by atoms with Gasteiger partial charge in [0, 0.05) is 47.7 Å². The van der Waals surface area contributed by atoms with Crippen molar-refractivity contribution in [1.29, 1.82) is 0 Å². The number of nitrogens with one attached hydrogen (secondary N) is 1. The molecule has 0 spiro atoms. The van der Waals surface area contributed by atoms with Crippen molar-refractivity contribution in [2.24, 2.45) is 5.73 Å². The number of methoxy groups -OCH3 is 1. The van der Waals surface area contributed by atoms with Gasteiger partial charge < -0.3 is 29.7 Å². The zero-order chi connectivity index (χ0) is 22.9. The Labute approximate surface area is 202 Å². The Bertz CT molecular complexity index is 1730. The highest BCUT2D eigenvalue weighted by Crippen LogP contribution is 2.53. The number of para-hydroxylation sites is 2. The van der Waals surface area contributed by atoms with Crippen molar-refractivity contribution in [3.63, 3.8) is 0 Å². The van der Waals surface area contributed by atoms with E-state index >= 15 is 0 Å². The van der Waals surface area contributed by atoms with Crippen LogP contribution in [0.5, 0.6) is 0 Å². The zero-order valence-electron chi connectivity index (χ0n) is 19.0. The molecule has 0 unspecified atom stereocenters. The molecule has 5 heterocycles. The van der Waals surface area contributed by atoms with Crippen LogP contribution >= 0.6 is 0 Å². The molecule has 178 valence electrons. The summed E-state index contributed by atoms with van der Waals surface area (Å²) in [6.07, 6.45) is 0.00921. The number of fused-ring (bicyclic) bond motifs is 13. The molecule has 3 aliphatic rings. The fraction of sp³-hybridized carbons (Fsp3) is 0.321. The van der Waals surface area contributed by atoms with Gasteiger partial charge in [0.15, 0.2) is 5.72 Å². The predicted molar refractivity (Wildman–Crippen MR) is 138 cm³/mol. The first-order chi connectivity index (χ1) is 16.5. The van der Waals surface area contributed by atoms with Crippen LogP contribution in [-0.2, 0) is 21.7 Å². The summed E-state index contributed by atoms with van der Waals surface area (Å²) in [6.45, 7) is 2.61. The van der Waals surface area contributed by atoms with Crippen LogP contribution in [-0.4, -0.2) is 34.3 Å². The number of nitrogens with zero attached hydrogens (tertiary/aromatic N) is 2. The number of rotatable bonds is 1. The number of hydrogen-bond donors (Lipinski definition) is 2. The lowest BCUT2D eigenvalue weighted by molar-refractivity contribution is -0.252. The molecule has 8 rings (SSSR count). The lowest BCUT2D eigenvalue weighted by Gasteiger charge is -2.47. The SMILES string of the molecule is C.CO[C@H]1[C@@H](N)C[C@@H]2O[C@@]1(C)n1c3ccccc3c3c4c(c5c6ccccc6n2c5c31)C(=O)NC4. The minimum atomic E-state index is -0.824. The fourth-order valence-corrected chi connectivity index (χ4v) is 7.12. The van der Waals surface area contributed by atoms with Crippen LogP contribution in [0.2, 0.25) is 0 Å². The Morgan fingerprint density at radius 2 is 1.74 bits per heavy atom. The van der Waals surface area contributed by atoms with Gasteiger partial charge in [0.25, 0.3) is 5.91 Å². The molecule has 7 nitrogen and oxygen atoms in total. The van der Waals surface area contributed by atoms with Gasteiger partial charge in [0.2, 0.25) is 0 Å². The quantitative estimate of drug-likeness (QED) is 0.373. The molecule has 1 fully saturated rings. The van der Waals surface area contributed by atoms with Gasteiger partial charge in [-0.1, -0.05) is 43.8 Å². The van der Waals surface area contributed by atoms with Crippen LogP contribution in [0.25, 0.3) is 43.6 Å². The van der Waals surface area contributed by atoms with Crippen LogP contribution < -0.4 is 11.1 Å². The van der Waals surface area contributed by atoms with Gasteiger partial charge in [0.1, 0.15) is 12.3 Å². The number of hydrogen-bond acceptors (Lipinski definition) is 4. The summed E-state index contributed by atoms with van der Waals surface area (Å²) in [5, 5.41) is 7.40. The van der Waals surface area contributed by atoms with E-state index in [4.69, 9.17) is 15.2 Å². The second kappa shape index (κ2) is 6.63. The largest absolute Gasteiger partial charge is 0.375 e. The molecule has 4 atom stereocenters. The van der Waals surface area contributed by atoms with Gasteiger partial charge in [0.05, 0.1) is 27.6 Å². The van der Waals surface area contributed by atoms with Gasteiger partial charge >= 0.3 is 0 Å². The molecule has 0 radical (unpaired) electrons. The molecule has 1 amide bonds. The van der Waals surface area contributed by atoms with Crippen molar-refractivity contribution in [2.45, 2.75) is 51.4 Å². The van der Waals surface area contributed by atoms with Crippen molar-refractivity contribution in [1.82, 2.24) is 14.5 Å². The number of amides is 1. The highest BCUT2D eigenvalue weighted by Gasteiger charge is 2.52. The summed E-state index contributed by atoms with van der Waals surface area (Å²) in [5.74, 6) is -0.0116. The fourth-order valence-electron chi connectivity index (χ4n) is 7.12. The standard InChI is InChI=1S/C27H24N4O3.CH4/c1-27-25(33-2)16(28)11-19(34-27)30-17-9-5-3-7-13(17)21-22-15(12-29-26(22)32)20-14-8-4-6-10-18(14)31(27)24(20)23(21)30;/h3-10,16,19,25H,11-12,28H2,1-2H3,(H,29,32);1H4/t16-,19-,25-,27+;/m0./s1. The maximum absolute atomic E-state index is 13.3. The van der Waals surface area contributed by atoms with Gasteiger partial charge in [-0.15, -0.1) is 0 Å². The molecule has 7 heteroatoms. The van der Waals surface area contributed by atoms with Gasteiger partial charge in [-0.2, -0.15) is 0 Å². The lowest BCUT2D eigenvalue weighted by Crippen LogP contribution is -2.59. The molecular formula is C28H28N4O3. The lowest BCUT2D eigenvalue weighted by atomic mass is 9.93. The number of benzene rings is 3. The third-order valence-electron chi connectivity index (χ3n) is 8.27. The van der Waals surface area contributed by atoms with Crippen LogP contribution in [0.4, 0.5) is 0 Å². The Hall–Kier alpha value is -3.39. The molecule has 35 heavy (non-hydrogen) atoms. The number of carbonyl (C=O) groups excluding carboxylic acids is 1. The Kier molecular flexibility index (Phi) is 3.97. The van der Waals surface area contributed by atoms with Gasteiger partial charge in [-0.05, 0) is 24.6 Å². The summed E-state index contributed by atoms with van der Waals surface area (Å²) in [4.78, 5) is 13.3. The molecule has 3 aromatic carbocycles. The monoisotopic (exact) mass is 468 g/mol. The second-order valence-corrected chi connectivity index (χ2v) is 9.91. The maximum atomic E-state index is 13.3. The molecule has 5 aromatic rings. The van der Waals surface area contributed by atoms with E-state index in [2.05, 4.69) is 57.8 Å². The molecule has 1 saturated heterocycles. The smallest absolute Gasteiger partial charge is 0.252 e. The van der Waals surface area contributed by atoms with Crippen LogP contribution in [0, 0.1) is 0 Å². The molecule has 0 saturated carbocycles. The molecule has 2 bridgehead atoms. The highest BCUT2D eigenvalue weighted by molar-refractivity contribution is 6.31. The molecule has 0 aliphatic carbocycles. The minimum Gasteiger partial charge on any atom is -0.375 e. The summed E-state index contributed by atoms with van der Waals surface area (Å²) in [7, 11) is 1.71. The second-order valence-electron chi connectivity index (χ2n) is 9.91. The summed E-state index contributed by atoms with van der Waals surface area (Å²) >= 11 is 0. The van der Waals surface area contributed by atoms with Crippen molar-refractivity contribution in [3.05, 3.63) is 59.7 Å². The Morgan fingerprint density at radius 1 is 1.06 bits per heavy atom. The first-order valence-electron chi connectivity index (χ1n) is 11.8. The molecule has 3 aliphatic heterocycles. The van der Waals surface area contributed by atoms with Crippen molar-refractivity contribution >= 4 is 49.5 Å². The van der Waals surface area contributed by atoms with E-state index in [9.17, 15) is 4.79 Å². The van der Waals surface area contributed by atoms with E-state index in [-0.39, 0.29) is 31.7 Å². The van der Waals surface area contributed by atoms with Crippen LogP contribution in [0.3, 0.4) is 0 Å². The molecular weight excluding hydrogens is 440 g/mol. The number of nitrogens with two attached hydrogens (primary N) is 1. The number of aromatic nitrogens is 2. The summed E-state index contributed by atoms with van der Waals surface area (Å²) in [5.41, 5.74) is 12.0. The summed E-state index contributed by atoms with van der Waals surface area (Å²) in [6, 6.07) is 16.5. The first-order valence-corrected chi connectivity index (χ1v) is 11.8. The Morgan fingerprint density at radius 3 is 2.49 bits per heavy atom. The van der Waals surface area contributed by atoms with E-state index in [1.165, 1.54) is 0 Å².